The van der Waals surface area contributed by atoms with Crippen molar-refractivity contribution in [1.29, 1.82) is 0 Å². The molecule has 2 heterocycles. The number of carbonyl (C=O) groups excluding carboxylic acids is 1. The van der Waals surface area contributed by atoms with Crippen molar-refractivity contribution in [1.82, 2.24) is 20.4 Å². The van der Waals surface area contributed by atoms with Gasteiger partial charge in [0, 0.05) is 19.8 Å². The van der Waals surface area contributed by atoms with Gasteiger partial charge in [-0.2, -0.15) is 5.10 Å². The quantitative estimate of drug-likeness (QED) is 0.759. The van der Waals surface area contributed by atoms with Crippen molar-refractivity contribution in [2.75, 3.05) is 13.1 Å². The van der Waals surface area contributed by atoms with Crippen LogP contribution in [0.2, 0.25) is 0 Å². The van der Waals surface area contributed by atoms with Crippen LogP contribution in [-0.2, 0) is 18.4 Å². The molecule has 5 heteroatoms. The molecule has 1 aromatic rings. The zero-order valence-electron chi connectivity index (χ0n) is 9.57. The topological polar surface area (TPSA) is 59.0 Å². The summed E-state index contributed by atoms with van der Waals surface area (Å²) in [4.78, 5) is 11.8. The van der Waals surface area contributed by atoms with E-state index in [1.54, 1.807) is 10.9 Å². The van der Waals surface area contributed by atoms with Crippen LogP contribution >= 0.6 is 0 Å². The third-order valence-corrected chi connectivity index (χ3v) is 3.03. The fourth-order valence-corrected chi connectivity index (χ4v) is 1.97. The number of nitrogens with zero attached hydrogens (tertiary/aromatic N) is 2. The molecule has 0 spiro atoms. The number of aromatic nitrogens is 2. The van der Waals surface area contributed by atoms with E-state index in [1.165, 1.54) is 0 Å². The Morgan fingerprint density at radius 3 is 3.25 bits per heavy atom. The molecule has 0 aromatic carbocycles. The highest BCUT2D eigenvalue weighted by Gasteiger charge is 2.20. The number of rotatable bonds is 3. The van der Waals surface area contributed by atoms with E-state index in [0.717, 1.165) is 31.6 Å². The van der Waals surface area contributed by atoms with Crippen molar-refractivity contribution in [3.05, 3.63) is 18.0 Å². The van der Waals surface area contributed by atoms with Crippen LogP contribution in [0.3, 0.4) is 0 Å². The summed E-state index contributed by atoms with van der Waals surface area (Å²) in [5.74, 6) is 0.273. The lowest BCUT2D eigenvalue weighted by molar-refractivity contribution is -0.125. The van der Waals surface area contributed by atoms with E-state index in [4.69, 9.17) is 0 Å². The van der Waals surface area contributed by atoms with Crippen LogP contribution in [0, 0.1) is 5.92 Å². The zero-order chi connectivity index (χ0) is 11.4. The molecular formula is C11H18N4O. The maximum Gasteiger partial charge on any atom is 0.224 e. The normalized spacial score (nSPS) is 20.7. The lowest BCUT2D eigenvalue weighted by atomic mass is 9.99. The van der Waals surface area contributed by atoms with E-state index < -0.39 is 0 Å². The Morgan fingerprint density at radius 1 is 1.75 bits per heavy atom. The van der Waals surface area contributed by atoms with Crippen molar-refractivity contribution in [3.63, 3.8) is 0 Å². The number of amides is 1. The first kappa shape index (κ1) is 11.1. The third-order valence-electron chi connectivity index (χ3n) is 3.03. The van der Waals surface area contributed by atoms with Crippen LogP contribution < -0.4 is 10.6 Å². The summed E-state index contributed by atoms with van der Waals surface area (Å²) in [5, 5.41) is 10.3. The van der Waals surface area contributed by atoms with Gasteiger partial charge in [0.2, 0.25) is 5.91 Å². The van der Waals surface area contributed by atoms with Crippen molar-refractivity contribution in [2.24, 2.45) is 13.0 Å². The molecule has 0 radical (unpaired) electrons. The van der Waals surface area contributed by atoms with Gasteiger partial charge in [0.15, 0.2) is 0 Å². The van der Waals surface area contributed by atoms with Crippen molar-refractivity contribution in [2.45, 2.75) is 19.4 Å². The Kier molecular flexibility index (Phi) is 3.56. The molecule has 1 amide bonds. The predicted octanol–water partition coefficient (Wildman–Crippen LogP) is 0.0359. The van der Waals surface area contributed by atoms with Crippen molar-refractivity contribution in [3.8, 4) is 0 Å². The molecule has 2 N–H and O–H groups in total. The summed E-state index contributed by atoms with van der Waals surface area (Å²) >= 11 is 0. The Balaban J connectivity index is 1.81. The van der Waals surface area contributed by atoms with Gasteiger partial charge in [0.05, 0.1) is 18.2 Å². The second-order valence-corrected chi connectivity index (χ2v) is 4.21. The summed E-state index contributed by atoms with van der Waals surface area (Å²) in [5.41, 5.74) is 1.03. The van der Waals surface area contributed by atoms with Crippen LogP contribution in [0.1, 0.15) is 18.5 Å². The largest absolute Gasteiger partial charge is 0.350 e. The Labute approximate surface area is 95.2 Å². The molecule has 1 fully saturated rings. The molecule has 5 nitrogen and oxygen atoms in total. The number of nitrogens with one attached hydrogen (secondary N) is 2. The smallest absolute Gasteiger partial charge is 0.224 e. The van der Waals surface area contributed by atoms with E-state index in [1.807, 2.05) is 13.1 Å². The molecule has 0 aliphatic carbocycles. The molecule has 0 unspecified atom stereocenters. The first-order chi connectivity index (χ1) is 7.77. The first-order valence-electron chi connectivity index (χ1n) is 5.72. The summed E-state index contributed by atoms with van der Waals surface area (Å²) in [6.45, 7) is 2.40. The summed E-state index contributed by atoms with van der Waals surface area (Å²) in [7, 11) is 1.88. The SMILES string of the molecule is Cn1nccc1CNC(=O)[C@@H]1CCCNC1. The fraction of sp³-hybridized carbons (Fsp3) is 0.636. The third kappa shape index (κ3) is 2.61. The minimum Gasteiger partial charge on any atom is -0.350 e. The number of carbonyl (C=O) groups is 1. The molecule has 88 valence electrons. The van der Waals surface area contributed by atoms with Crippen LogP contribution in [0.25, 0.3) is 0 Å². The molecule has 16 heavy (non-hydrogen) atoms. The second kappa shape index (κ2) is 5.12. The van der Waals surface area contributed by atoms with Gasteiger partial charge in [-0.25, -0.2) is 0 Å². The van der Waals surface area contributed by atoms with E-state index in [-0.39, 0.29) is 11.8 Å². The van der Waals surface area contributed by atoms with Gasteiger partial charge in [-0.05, 0) is 25.5 Å². The summed E-state index contributed by atoms with van der Waals surface area (Å²) in [6.07, 6.45) is 3.82. The standard InChI is InChI=1S/C11H18N4O/c1-15-10(4-6-14-15)8-13-11(16)9-3-2-5-12-7-9/h4,6,9,12H,2-3,5,7-8H2,1H3,(H,13,16)/t9-/m1/s1. The number of hydrogen-bond donors (Lipinski definition) is 2. The van der Waals surface area contributed by atoms with Gasteiger partial charge < -0.3 is 10.6 Å². The fourth-order valence-electron chi connectivity index (χ4n) is 1.97. The Morgan fingerprint density at radius 2 is 2.62 bits per heavy atom. The molecular weight excluding hydrogens is 204 g/mol. The number of aryl methyl sites for hydroxylation is 1. The van der Waals surface area contributed by atoms with Gasteiger partial charge in [-0.1, -0.05) is 0 Å². The van der Waals surface area contributed by atoms with Crippen molar-refractivity contribution >= 4 is 5.91 Å². The molecule has 0 bridgehead atoms. The molecule has 2 rings (SSSR count). The van der Waals surface area contributed by atoms with E-state index in [0.29, 0.717) is 6.54 Å². The van der Waals surface area contributed by atoms with Crippen molar-refractivity contribution < 1.29 is 4.79 Å². The molecule has 1 aliphatic rings. The van der Waals surface area contributed by atoms with Gasteiger partial charge >= 0.3 is 0 Å². The Hall–Kier alpha value is -1.36. The average Bonchev–Trinajstić information content (AvgIpc) is 2.73. The highest BCUT2D eigenvalue weighted by molar-refractivity contribution is 5.78. The second-order valence-electron chi connectivity index (χ2n) is 4.21. The minimum absolute atomic E-state index is 0.127. The molecule has 1 atom stereocenters. The van der Waals surface area contributed by atoms with Crippen LogP contribution in [0.4, 0.5) is 0 Å². The summed E-state index contributed by atoms with van der Waals surface area (Å²) < 4.78 is 1.78. The van der Waals surface area contributed by atoms with E-state index in [9.17, 15) is 4.79 Å². The maximum atomic E-state index is 11.8. The molecule has 1 saturated heterocycles. The van der Waals surface area contributed by atoms with Gasteiger partial charge in [-0.15, -0.1) is 0 Å². The first-order valence-corrected chi connectivity index (χ1v) is 5.72. The van der Waals surface area contributed by atoms with E-state index in [2.05, 4.69) is 15.7 Å². The number of piperidine rings is 1. The van der Waals surface area contributed by atoms with Crippen LogP contribution in [0.5, 0.6) is 0 Å². The highest BCUT2D eigenvalue weighted by atomic mass is 16.1. The monoisotopic (exact) mass is 222 g/mol. The van der Waals surface area contributed by atoms with Gasteiger partial charge in [-0.3, -0.25) is 9.48 Å². The molecule has 0 saturated carbocycles. The number of hydrogen-bond acceptors (Lipinski definition) is 3. The lowest BCUT2D eigenvalue weighted by Crippen LogP contribution is -2.40. The lowest BCUT2D eigenvalue weighted by Gasteiger charge is -2.21. The van der Waals surface area contributed by atoms with E-state index >= 15 is 0 Å². The van der Waals surface area contributed by atoms with Gasteiger partial charge in [0.25, 0.3) is 0 Å². The Bertz CT molecular complexity index is 355. The maximum absolute atomic E-state index is 11.8. The molecule has 1 aromatic heterocycles. The zero-order valence-corrected chi connectivity index (χ0v) is 9.57. The minimum atomic E-state index is 0.127. The highest BCUT2D eigenvalue weighted by Crippen LogP contribution is 2.09. The average molecular weight is 222 g/mol. The molecule has 1 aliphatic heterocycles. The van der Waals surface area contributed by atoms with Crippen LogP contribution in [-0.4, -0.2) is 28.8 Å². The predicted molar refractivity (Wildman–Crippen MR) is 60.6 cm³/mol. The summed E-state index contributed by atoms with van der Waals surface area (Å²) in [6, 6.07) is 1.92. The van der Waals surface area contributed by atoms with Gasteiger partial charge in [0.1, 0.15) is 0 Å². The van der Waals surface area contributed by atoms with Crippen LogP contribution in [0.15, 0.2) is 12.3 Å².